The third-order valence-electron chi connectivity index (χ3n) is 5.39. The molecule has 1 atom stereocenters. The number of hydrogen-bond acceptors (Lipinski definition) is 3. The summed E-state index contributed by atoms with van der Waals surface area (Å²) in [5, 5.41) is 5.53. The molecule has 1 N–H and O–H groups in total. The average molecular weight is 377 g/mol. The number of hydrogen-bond donors (Lipinski definition) is 1. The summed E-state index contributed by atoms with van der Waals surface area (Å²) in [5.74, 6) is 0.368. The maximum Gasteiger partial charge on any atom is 0.230 e. The highest BCUT2D eigenvalue weighted by atomic mass is 35.5. The molecule has 2 aliphatic heterocycles. The highest BCUT2D eigenvalue weighted by Gasteiger charge is 2.44. The quantitative estimate of drug-likeness (QED) is 0.875. The number of likely N-dealkylation sites (tertiary alicyclic amines) is 1. The zero-order valence-electron chi connectivity index (χ0n) is 14.4. The van der Waals surface area contributed by atoms with Gasteiger partial charge in [0, 0.05) is 24.5 Å². The monoisotopic (exact) mass is 376 g/mol. The van der Waals surface area contributed by atoms with Gasteiger partial charge in [-0.1, -0.05) is 30.3 Å². The van der Waals surface area contributed by atoms with Crippen LogP contribution in [-0.4, -0.2) is 37.0 Å². The summed E-state index contributed by atoms with van der Waals surface area (Å²) in [5.41, 5.74) is 2.29. The molecule has 0 saturated carbocycles. The maximum absolute atomic E-state index is 13.1. The van der Waals surface area contributed by atoms with E-state index in [2.05, 4.69) is 52.0 Å². The molecule has 0 spiro atoms. The SMILES string of the molecule is Cl.O=C(N1CCCC1)C1(Cc2ccc(-c3cccs3)cc2)CCNC1. The number of rotatable bonds is 4. The summed E-state index contributed by atoms with van der Waals surface area (Å²) in [7, 11) is 0. The summed E-state index contributed by atoms with van der Waals surface area (Å²) in [4.78, 5) is 16.5. The van der Waals surface area contributed by atoms with Crippen molar-refractivity contribution in [1.82, 2.24) is 10.2 Å². The molecule has 2 fully saturated rings. The third-order valence-corrected chi connectivity index (χ3v) is 6.31. The Kier molecular flexibility index (Phi) is 5.82. The summed E-state index contributed by atoms with van der Waals surface area (Å²) < 4.78 is 0. The van der Waals surface area contributed by atoms with Crippen LogP contribution in [0.4, 0.5) is 0 Å². The van der Waals surface area contributed by atoms with E-state index in [1.165, 1.54) is 16.0 Å². The zero-order valence-corrected chi connectivity index (χ0v) is 16.0. The lowest BCUT2D eigenvalue weighted by molar-refractivity contribution is -0.140. The first-order valence-electron chi connectivity index (χ1n) is 8.90. The second-order valence-electron chi connectivity index (χ2n) is 7.06. The molecule has 2 aliphatic rings. The van der Waals surface area contributed by atoms with E-state index >= 15 is 0 Å². The van der Waals surface area contributed by atoms with Crippen molar-refractivity contribution in [2.75, 3.05) is 26.2 Å². The molecule has 134 valence electrons. The second kappa shape index (κ2) is 7.90. The van der Waals surface area contributed by atoms with Crippen molar-refractivity contribution in [3.05, 3.63) is 47.3 Å². The molecule has 1 aromatic heterocycles. The average Bonchev–Trinajstić information content (AvgIpc) is 3.37. The van der Waals surface area contributed by atoms with Gasteiger partial charge in [0.1, 0.15) is 0 Å². The first kappa shape index (κ1) is 18.4. The van der Waals surface area contributed by atoms with Crippen molar-refractivity contribution < 1.29 is 4.79 Å². The van der Waals surface area contributed by atoms with Gasteiger partial charge in [-0.25, -0.2) is 0 Å². The first-order chi connectivity index (χ1) is 11.8. The molecule has 0 radical (unpaired) electrons. The maximum atomic E-state index is 13.1. The largest absolute Gasteiger partial charge is 0.342 e. The van der Waals surface area contributed by atoms with Crippen molar-refractivity contribution in [3.63, 3.8) is 0 Å². The van der Waals surface area contributed by atoms with Gasteiger partial charge in [-0.05, 0) is 54.8 Å². The second-order valence-corrected chi connectivity index (χ2v) is 8.01. The van der Waals surface area contributed by atoms with E-state index < -0.39 is 0 Å². The van der Waals surface area contributed by atoms with Crippen LogP contribution in [-0.2, 0) is 11.2 Å². The lowest BCUT2D eigenvalue weighted by Crippen LogP contribution is -2.45. The van der Waals surface area contributed by atoms with Gasteiger partial charge in [0.2, 0.25) is 5.91 Å². The van der Waals surface area contributed by atoms with Crippen molar-refractivity contribution in [2.45, 2.75) is 25.7 Å². The van der Waals surface area contributed by atoms with E-state index in [4.69, 9.17) is 0 Å². The van der Waals surface area contributed by atoms with Crippen molar-refractivity contribution in [2.24, 2.45) is 5.41 Å². The van der Waals surface area contributed by atoms with Gasteiger partial charge in [-0.15, -0.1) is 23.7 Å². The number of carbonyl (C=O) groups is 1. The van der Waals surface area contributed by atoms with E-state index in [0.717, 1.165) is 51.9 Å². The highest BCUT2D eigenvalue weighted by Crippen LogP contribution is 2.34. The van der Waals surface area contributed by atoms with Gasteiger partial charge in [-0.3, -0.25) is 4.79 Å². The number of benzene rings is 1. The van der Waals surface area contributed by atoms with E-state index in [1.54, 1.807) is 11.3 Å². The van der Waals surface area contributed by atoms with Crippen LogP contribution in [0.25, 0.3) is 10.4 Å². The molecule has 3 heterocycles. The van der Waals surface area contributed by atoms with Crippen molar-refractivity contribution in [3.8, 4) is 10.4 Å². The third kappa shape index (κ3) is 3.76. The van der Waals surface area contributed by atoms with Gasteiger partial charge in [0.05, 0.1) is 5.41 Å². The molecule has 3 nitrogen and oxygen atoms in total. The van der Waals surface area contributed by atoms with Crippen LogP contribution in [0.2, 0.25) is 0 Å². The van der Waals surface area contributed by atoms with Gasteiger partial charge in [-0.2, -0.15) is 0 Å². The summed E-state index contributed by atoms with van der Waals surface area (Å²) in [6.07, 6.45) is 4.12. The minimum absolute atomic E-state index is 0. The molecule has 4 rings (SSSR count). The van der Waals surface area contributed by atoms with Crippen LogP contribution in [0.3, 0.4) is 0 Å². The topological polar surface area (TPSA) is 32.3 Å². The van der Waals surface area contributed by atoms with E-state index in [9.17, 15) is 4.79 Å². The minimum atomic E-state index is -0.241. The summed E-state index contributed by atoms with van der Waals surface area (Å²) in [6, 6.07) is 13.0. The van der Waals surface area contributed by atoms with Crippen molar-refractivity contribution >= 4 is 29.7 Å². The number of nitrogens with zero attached hydrogens (tertiary/aromatic N) is 1. The van der Waals surface area contributed by atoms with Crippen LogP contribution < -0.4 is 5.32 Å². The highest BCUT2D eigenvalue weighted by molar-refractivity contribution is 7.13. The lowest BCUT2D eigenvalue weighted by atomic mass is 9.79. The summed E-state index contributed by atoms with van der Waals surface area (Å²) >= 11 is 1.76. The fourth-order valence-electron chi connectivity index (χ4n) is 4.03. The predicted octanol–water partition coefficient (Wildman–Crippen LogP) is 3.98. The number of halogens is 1. The van der Waals surface area contributed by atoms with E-state index in [0.29, 0.717) is 5.91 Å². The van der Waals surface area contributed by atoms with Crippen LogP contribution in [0.15, 0.2) is 41.8 Å². The van der Waals surface area contributed by atoms with Crippen molar-refractivity contribution in [1.29, 1.82) is 0 Å². The van der Waals surface area contributed by atoms with Gasteiger partial charge in [0.25, 0.3) is 0 Å². The molecule has 1 unspecified atom stereocenters. The Morgan fingerprint density at radius 1 is 1.16 bits per heavy atom. The Bertz CT molecular complexity index is 687. The Balaban J connectivity index is 0.00000182. The van der Waals surface area contributed by atoms with Crippen LogP contribution in [0.5, 0.6) is 0 Å². The number of thiophene rings is 1. The molecule has 0 bridgehead atoms. The number of amides is 1. The molecule has 25 heavy (non-hydrogen) atoms. The van der Waals surface area contributed by atoms with Crippen LogP contribution in [0.1, 0.15) is 24.8 Å². The van der Waals surface area contributed by atoms with Gasteiger partial charge < -0.3 is 10.2 Å². The fraction of sp³-hybridized carbons (Fsp3) is 0.450. The first-order valence-corrected chi connectivity index (χ1v) is 9.78. The lowest BCUT2D eigenvalue weighted by Gasteiger charge is -2.32. The molecule has 1 aromatic carbocycles. The number of nitrogens with one attached hydrogen (secondary N) is 1. The van der Waals surface area contributed by atoms with Crippen LogP contribution in [0, 0.1) is 5.41 Å². The normalized spacial score (nSPS) is 22.8. The van der Waals surface area contributed by atoms with Gasteiger partial charge in [0.15, 0.2) is 0 Å². The minimum Gasteiger partial charge on any atom is -0.342 e. The van der Waals surface area contributed by atoms with E-state index in [1.807, 2.05) is 0 Å². The molecule has 1 amide bonds. The fourth-order valence-corrected chi connectivity index (χ4v) is 4.76. The number of carbonyl (C=O) groups excluding carboxylic acids is 1. The Hall–Kier alpha value is -1.36. The molecular weight excluding hydrogens is 352 g/mol. The van der Waals surface area contributed by atoms with E-state index in [-0.39, 0.29) is 17.8 Å². The smallest absolute Gasteiger partial charge is 0.230 e. The van der Waals surface area contributed by atoms with Gasteiger partial charge >= 0.3 is 0 Å². The van der Waals surface area contributed by atoms with Crippen LogP contribution >= 0.6 is 23.7 Å². The zero-order chi connectivity index (χ0) is 16.4. The Morgan fingerprint density at radius 3 is 2.52 bits per heavy atom. The molecule has 5 heteroatoms. The standard InChI is InChI=1S/C20H24N2OS.ClH/c23-19(22-11-1-2-12-22)20(9-10-21-15-20)14-16-5-7-17(8-6-16)18-4-3-13-24-18;/h3-8,13,21H,1-2,9-12,14-15H2;1H. The molecule has 0 aliphatic carbocycles. The summed E-state index contributed by atoms with van der Waals surface area (Å²) in [6.45, 7) is 3.65. The molecular formula is C20H25ClN2OS. The Morgan fingerprint density at radius 2 is 1.92 bits per heavy atom. The molecule has 2 saturated heterocycles. The molecule has 2 aromatic rings. The Labute approximate surface area is 159 Å². The predicted molar refractivity (Wildman–Crippen MR) is 106 cm³/mol.